The van der Waals surface area contributed by atoms with Gasteiger partial charge in [0.15, 0.2) is 5.11 Å². The Morgan fingerprint density at radius 3 is 2.59 bits per heavy atom. The molecule has 1 aliphatic heterocycles. The van der Waals surface area contributed by atoms with Gasteiger partial charge in [-0.1, -0.05) is 6.07 Å². The van der Waals surface area contributed by atoms with Crippen molar-refractivity contribution >= 4 is 34.6 Å². The van der Waals surface area contributed by atoms with E-state index in [4.69, 9.17) is 17.0 Å². The van der Waals surface area contributed by atoms with Gasteiger partial charge >= 0.3 is 0 Å². The van der Waals surface area contributed by atoms with Crippen LogP contribution in [0.15, 0.2) is 73.2 Å². The molecule has 0 unspecified atom stereocenters. The number of carbonyl (C=O) groups is 1. The Labute approximate surface area is 221 Å². The maximum atomic E-state index is 11.9. The summed E-state index contributed by atoms with van der Waals surface area (Å²) in [6.45, 7) is 5.68. The number of hydrogen-bond donors (Lipinski definition) is 2. The number of methoxy groups -OCH3 is 1. The lowest BCUT2D eigenvalue weighted by atomic mass is 9.96. The molecule has 0 radical (unpaired) electrons. The first kappa shape index (κ1) is 24.5. The highest BCUT2D eigenvalue weighted by Gasteiger charge is 2.42. The van der Waals surface area contributed by atoms with Crippen molar-refractivity contribution in [1.82, 2.24) is 19.9 Å². The van der Waals surface area contributed by atoms with Gasteiger partial charge in [0.05, 0.1) is 42.5 Å². The summed E-state index contributed by atoms with van der Waals surface area (Å²) in [7, 11) is 1.58. The molecular formula is C28H28N6O2S. The van der Waals surface area contributed by atoms with Crippen molar-refractivity contribution in [2.24, 2.45) is 0 Å². The number of benzene rings is 1. The van der Waals surface area contributed by atoms with Gasteiger partial charge in [0, 0.05) is 36.4 Å². The van der Waals surface area contributed by atoms with Crippen molar-refractivity contribution in [3.8, 4) is 11.4 Å². The molecule has 188 valence electrons. The number of thiocarbonyl (C=S) groups is 1. The van der Waals surface area contributed by atoms with Crippen molar-refractivity contribution in [3.63, 3.8) is 0 Å². The summed E-state index contributed by atoms with van der Waals surface area (Å²) >= 11 is 5.90. The first-order valence-electron chi connectivity index (χ1n) is 11.9. The summed E-state index contributed by atoms with van der Waals surface area (Å²) in [6.07, 6.45) is 5.42. The molecule has 1 aliphatic rings. The van der Waals surface area contributed by atoms with Gasteiger partial charge in [-0.05, 0) is 80.2 Å². The monoisotopic (exact) mass is 512 g/mol. The summed E-state index contributed by atoms with van der Waals surface area (Å²) in [5, 5.41) is 6.95. The van der Waals surface area contributed by atoms with E-state index >= 15 is 0 Å². The molecule has 4 aromatic rings. The second-order valence-corrected chi connectivity index (χ2v) is 9.32. The topological polar surface area (TPSA) is 84.3 Å². The third-order valence-corrected chi connectivity index (χ3v) is 6.88. The van der Waals surface area contributed by atoms with Gasteiger partial charge in [0.25, 0.3) is 0 Å². The standard InChI is InChI=1S/C28H28N6O2S/c1-17-14-22(18(2)33(17)21-8-7-12-29-16-21)27-26(23-9-5-6-13-30-23)32-28(37)34(27)20-10-11-25(36-4)24(15-20)31-19(3)35/h5-16,26-27H,1-4H3,(H,31,35)(H,32,37)/t26-,27+/m1/s1. The molecule has 0 saturated carbocycles. The van der Waals surface area contributed by atoms with E-state index in [0.29, 0.717) is 16.5 Å². The van der Waals surface area contributed by atoms with Crippen LogP contribution in [0, 0.1) is 13.8 Å². The first-order valence-corrected chi connectivity index (χ1v) is 12.4. The van der Waals surface area contributed by atoms with Crippen molar-refractivity contribution < 1.29 is 9.53 Å². The van der Waals surface area contributed by atoms with Gasteiger partial charge in [-0.2, -0.15) is 0 Å². The van der Waals surface area contributed by atoms with E-state index in [-0.39, 0.29) is 18.0 Å². The lowest BCUT2D eigenvalue weighted by Gasteiger charge is -2.29. The van der Waals surface area contributed by atoms with Gasteiger partial charge < -0.3 is 24.8 Å². The summed E-state index contributed by atoms with van der Waals surface area (Å²) < 4.78 is 7.68. The molecule has 1 saturated heterocycles. The van der Waals surface area contributed by atoms with Crippen LogP contribution in [-0.2, 0) is 4.79 Å². The van der Waals surface area contributed by atoms with Gasteiger partial charge in [-0.15, -0.1) is 0 Å². The predicted molar refractivity (Wildman–Crippen MR) is 148 cm³/mol. The molecule has 3 aromatic heterocycles. The summed E-state index contributed by atoms with van der Waals surface area (Å²) in [6, 6.07) is 17.4. The minimum Gasteiger partial charge on any atom is -0.495 e. The molecule has 0 bridgehead atoms. The Hall–Kier alpha value is -4.24. The van der Waals surface area contributed by atoms with E-state index in [1.807, 2.05) is 54.7 Å². The van der Waals surface area contributed by atoms with Crippen LogP contribution in [0.5, 0.6) is 5.75 Å². The molecule has 1 fully saturated rings. The van der Waals surface area contributed by atoms with E-state index in [1.165, 1.54) is 6.92 Å². The Morgan fingerprint density at radius 1 is 1.08 bits per heavy atom. The molecule has 8 nitrogen and oxygen atoms in total. The van der Waals surface area contributed by atoms with Crippen LogP contribution in [-0.4, -0.2) is 32.7 Å². The van der Waals surface area contributed by atoms with Crippen LogP contribution < -0.4 is 20.3 Å². The number of amides is 1. The smallest absolute Gasteiger partial charge is 0.221 e. The maximum absolute atomic E-state index is 11.9. The Balaban J connectivity index is 1.68. The number of nitrogens with one attached hydrogen (secondary N) is 2. The lowest BCUT2D eigenvalue weighted by Crippen LogP contribution is -2.29. The maximum Gasteiger partial charge on any atom is 0.221 e. The van der Waals surface area contributed by atoms with Crippen LogP contribution in [0.1, 0.15) is 41.7 Å². The SMILES string of the molecule is COc1ccc(N2C(=S)N[C@H](c3ccccn3)[C@@H]2c2cc(C)n(-c3cccnc3)c2C)cc1NC(C)=O. The molecule has 37 heavy (non-hydrogen) atoms. The van der Waals surface area contributed by atoms with Crippen LogP contribution in [0.4, 0.5) is 11.4 Å². The Kier molecular flexibility index (Phi) is 6.62. The molecule has 5 rings (SSSR count). The zero-order chi connectivity index (χ0) is 26.1. The van der Waals surface area contributed by atoms with Gasteiger partial charge in [-0.25, -0.2) is 0 Å². The number of hydrogen-bond acceptors (Lipinski definition) is 5. The summed E-state index contributed by atoms with van der Waals surface area (Å²) in [4.78, 5) is 23.0. The quantitative estimate of drug-likeness (QED) is 0.351. The second kappa shape index (κ2) is 10.0. The first-order chi connectivity index (χ1) is 17.9. The highest BCUT2D eigenvalue weighted by molar-refractivity contribution is 7.80. The van der Waals surface area contributed by atoms with Crippen molar-refractivity contribution in [2.45, 2.75) is 32.9 Å². The van der Waals surface area contributed by atoms with Crippen LogP contribution >= 0.6 is 12.2 Å². The van der Waals surface area contributed by atoms with Gasteiger partial charge in [-0.3, -0.25) is 14.8 Å². The Morgan fingerprint density at radius 2 is 1.92 bits per heavy atom. The van der Waals surface area contributed by atoms with Crippen LogP contribution in [0.2, 0.25) is 0 Å². The van der Waals surface area contributed by atoms with Gasteiger partial charge in [0.1, 0.15) is 5.75 Å². The fraction of sp³-hybridized carbons (Fsp3) is 0.214. The van der Waals surface area contributed by atoms with Gasteiger partial charge in [0.2, 0.25) is 5.91 Å². The minimum atomic E-state index is -0.197. The van der Waals surface area contributed by atoms with Crippen LogP contribution in [0.25, 0.3) is 5.69 Å². The van der Waals surface area contributed by atoms with Crippen molar-refractivity contribution in [3.05, 3.63) is 95.8 Å². The third-order valence-electron chi connectivity index (χ3n) is 6.56. The predicted octanol–water partition coefficient (Wildman–Crippen LogP) is 5.03. The van der Waals surface area contributed by atoms with Crippen LogP contribution in [0.3, 0.4) is 0 Å². The molecule has 1 amide bonds. The zero-order valence-electron chi connectivity index (χ0n) is 21.1. The van der Waals surface area contributed by atoms with E-state index in [2.05, 4.69) is 50.0 Å². The molecular weight excluding hydrogens is 484 g/mol. The number of aromatic nitrogens is 3. The lowest BCUT2D eigenvalue weighted by molar-refractivity contribution is -0.114. The Bertz CT molecular complexity index is 1450. The minimum absolute atomic E-state index is 0.180. The number of rotatable bonds is 6. The molecule has 1 aromatic carbocycles. The molecule has 2 N–H and O–H groups in total. The molecule has 0 aliphatic carbocycles. The number of aryl methyl sites for hydroxylation is 1. The van der Waals surface area contributed by atoms with Crippen molar-refractivity contribution in [2.75, 3.05) is 17.3 Å². The highest BCUT2D eigenvalue weighted by atomic mass is 32.1. The molecule has 0 spiro atoms. The fourth-order valence-electron chi connectivity index (χ4n) is 5.05. The van der Waals surface area contributed by atoms with E-state index < -0.39 is 0 Å². The number of ether oxygens (including phenoxy) is 1. The number of pyridine rings is 2. The van der Waals surface area contributed by atoms with E-state index in [9.17, 15) is 4.79 Å². The van der Waals surface area contributed by atoms with Crippen molar-refractivity contribution in [1.29, 1.82) is 0 Å². The number of carbonyl (C=O) groups excluding carboxylic acids is 1. The second-order valence-electron chi connectivity index (χ2n) is 8.94. The van der Waals surface area contributed by atoms with E-state index in [1.54, 1.807) is 19.5 Å². The summed E-state index contributed by atoms with van der Waals surface area (Å²) in [5.74, 6) is 0.394. The number of anilines is 2. The third kappa shape index (κ3) is 4.53. The average Bonchev–Trinajstić information content (AvgIpc) is 3.39. The average molecular weight is 513 g/mol. The molecule has 2 atom stereocenters. The zero-order valence-corrected chi connectivity index (χ0v) is 21.9. The normalized spacial score (nSPS) is 17.0. The van der Waals surface area contributed by atoms with E-state index in [0.717, 1.165) is 34.0 Å². The fourth-order valence-corrected chi connectivity index (χ4v) is 5.40. The number of nitrogens with zero attached hydrogens (tertiary/aromatic N) is 4. The summed E-state index contributed by atoms with van der Waals surface area (Å²) in [5.41, 5.74) is 6.58. The largest absolute Gasteiger partial charge is 0.495 e. The molecule has 9 heteroatoms. The highest BCUT2D eigenvalue weighted by Crippen LogP contribution is 2.45. The molecule has 4 heterocycles.